The number of carboxylic acids is 1. The average Bonchev–Trinajstić information content (AvgIpc) is 2.38. The van der Waals surface area contributed by atoms with E-state index in [2.05, 4.69) is 10.9 Å². The molecule has 7 nitrogen and oxygen atoms in total. The number of hydrogen-bond donors (Lipinski definition) is 1. The molecule has 0 saturated heterocycles. The number of nitrogens with zero attached hydrogens (tertiary/aromatic N) is 3. The van der Waals surface area contributed by atoms with Crippen LogP contribution < -0.4 is 0 Å². The third kappa shape index (κ3) is 3.52. The van der Waals surface area contributed by atoms with Gasteiger partial charge in [-0.1, -0.05) is 5.92 Å². The van der Waals surface area contributed by atoms with E-state index in [1.54, 1.807) is 6.07 Å². The average molecular weight is 279 g/mol. The van der Waals surface area contributed by atoms with Gasteiger partial charge in [-0.2, -0.15) is 9.57 Å². The highest BCUT2D eigenvalue weighted by atomic mass is 32.2. The second kappa shape index (κ2) is 5.96. The molecule has 0 radical (unpaired) electrons. The van der Waals surface area contributed by atoms with Crippen molar-refractivity contribution in [2.24, 2.45) is 0 Å². The minimum atomic E-state index is -4.05. The minimum Gasteiger partial charge on any atom is -0.480 e. The van der Waals surface area contributed by atoms with Crippen LogP contribution in [-0.4, -0.2) is 41.9 Å². The summed E-state index contributed by atoms with van der Waals surface area (Å²) in [5.41, 5.74) is 0.0562. The van der Waals surface area contributed by atoms with E-state index < -0.39 is 22.5 Å². The van der Waals surface area contributed by atoms with Crippen molar-refractivity contribution < 1.29 is 18.3 Å². The van der Waals surface area contributed by atoms with Crippen molar-refractivity contribution in [3.8, 4) is 18.4 Å². The summed E-state index contributed by atoms with van der Waals surface area (Å²) in [6, 6.07) is 4.14. The second-order valence-corrected chi connectivity index (χ2v) is 5.30. The number of pyridine rings is 1. The van der Waals surface area contributed by atoms with Crippen LogP contribution in [0.5, 0.6) is 0 Å². The van der Waals surface area contributed by atoms with Crippen LogP contribution in [0.3, 0.4) is 0 Å². The molecule has 0 aromatic carbocycles. The Labute approximate surface area is 110 Å². The summed E-state index contributed by atoms with van der Waals surface area (Å²) in [5.74, 6) is 0.763. The monoisotopic (exact) mass is 279 g/mol. The van der Waals surface area contributed by atoms with Crippen LogP contribution in [0.25, 0.3) is 0 Å². The molecule has 1 rings (SSSR count). The summed E-state index contributed by atoms with van der Waals surface area (Å²) in [4.78, 5) is 14.0. The predicted octanol–water partition coefficient (Wildman–Crippen LogP) is -0.338. The van der Waals surface area contributed by atoms with Gasteiger partial charge in [0.1, 0.15) is 23.2 Å². The van der Waals surface area contributed by atoms with Crippen LogP contribution in [0.1, 0.15) is 5.69 Å². The fraction of sp³-hybridized carbons (Fsp3) is 0.182. The lowest BCUT2D eigenvalue weighted by Gasteiger charge is -2.17. The summed E-state index contributed by atoms with van der Waals surface area (Å²) >= 11 is 0. The van der Waals surface area contributed by atoms with Gasteiger partial charge in [0.05, 0.1) is 6.54 Å². The van der Waals surface area contributed by atoms with Gasteiger partial charge in [-0.05, 0) is 12.1 Å². The summed E-state index contributed by atoms with van der Waals surface area (Å²) in [6.45, 7) is -1.11. The lowest BCUT2D eigenvalue weighted by Crippen LogP contribution is -2.36. The predicted molar refractivity (Wildman–Crippen MR) is 64.2 cm³/mol. The first-order chi connectivity index (χ1) is 8.91. The van der Waals surface area contributed by atoms with Crippen molar-refractivity contribution in [2.75, 3.05) is 13.1 Å². The Morgan fingerprint density at radius 1 is 1.53 bits per heavy atom. The van der Waals surface area contributed by atoms with Gasteiger partial charge < -0.3 is 5.11 Å². The highest BCUT2D eigenvalue weighted by Crippen LogP contribution is 2.14. The standard InChI is InChI=1S/C11H9N3O4S/c1-2-5-14(8-11(15)16)19(17,18)10-4-3-9(6-12)13-7-10/h1,3-4,7H,5,8H2,(H,15,16). The number of aliphatic carboxylic acids is 1. The van der Waals surface area contributed by atoms with Crippen molar-refractivity contribution in [3.05, 3.63) is 24.0 Å². The van der Waals surface area contributed by atoms with Crippen molar-refractivity contribution in [1.82, 2.24) is 9.29 Å². The van der Waals surface area contributed by atoms with Crippen LogP contribution in [0.15, 0.2) is 23.2 Å². The van der Waals surface area contributed by atoms with Gasteiger partial charge >= 0.3 is 5.97 Å². The zero-order valence-corrected chi connectivity index (χ0v) is 10.5. The minimum absolute atomic E-state index is 0.0562. The first-order valence-corrected chi connectivity index (χ1v) is 6.37. The van der Waals surface area contributed by atoms with Crippen LogP contribution in [0, 0.1) is 23.7 Å². The quantitative estimate of drug-likeness (QED) is 0.738. The molecule has 0 saturated carbocycles. The van der Waals surface area contributed by atoms with Crippen LogP contribution in [-0.2, 0) is 14.8 Å². The number of carbonyl (C=O) groups is 1. The molecule has 0 aliphatic heterocycles. The van der Waals surface area contributed by atoms with E-state index in [0.717, 1.165) is 6.20 Å². The number of hydrogen-bond acceptors (Lipinski definition) is 5. The third-order valence-corrected chi connectivity index (χ3v) is 3.84. The van der Waals surface area contributed by atoms with E-state index in [1.807, 2.05) is 0 Å². The number of aromatic nitrogens is 1. The molecular formula is C11H9N3O4S. The molecule has 19 heavy (non-hydrogen) atoms. The number of sulfonamides is 1. The fourth-order valence-corrected chi connectivity index (χ4v) is 2.48. The Bertz CT molecular complexity index is 653. The normalized spacial score (nSPS) is 10.7. The SMILES string of the molecule is C#CCN(CC(=O)O)S(=O)(=O)c1ccc(C#N)nc1. The van der Waals surface area contributed by atoms with E-state index in [-0.39, 0.29) is 17.1 Å². The maximum atomic E-state index is 12.1. The van der Waals surface area contributed by atoms with E-state index in [0.29, 0.717) is 4.31 Å². The second-order valence-electron chi connectivity index (χ2n) is 3.36. The van der Waals surface area contributed by atoms with Crippen LogP contribution in [0.4, 0.5) is 0 Å². The Morgan fingerprint density at radius 3 is 2.63 bits per heavy atom. The molecule has 1 heterocycles. The van der Waals surface area contributed by atoms with Gasteiger partial charge in [-0.3, -0.25) is 4.79 Å². The van der Waals surface area contributed by atoms with Gasteiger partial charge in [0.25, 0.3) is 0 Å². The van der Waals surface area contributed by atoms with E-state index in [1.165, 1.54) is 12.1 Å². The lowest BCUT2D eigenvalue weighted by atomic mass is 10.4. The zero-order chi connectivity index (χ0) is 14.5. The summed E-state index contributed by atoms with van der Waals surface area (Å²) in [7, 11) is -4.05. The Balaban J connectivity index is 3.15. The molecule has 0 bridgehead atoms. The smallest absolute Gasteiger partial charge is 0.318 e. The molecular weight excluding hydrogens is 270 g/mol. The summed E-state index contributed by atoms with van der Waals surface area (Å²) in [5, 5.41) is 17.2. The van der Waals surface area contributed by atoms with Crippen LogP contribution in [0.2, 0.25) is 0 Å². The lowest BCUT2D eigenvalue weighted by molar-refractivity contribution is -0.137. The largest absolute Gasteiger partial charge is 0.480 e. The Morgan fingerprint density at radius 2 is 2.21 bits per heavy atom. The van der Waals surface area contributed by atoms with Gasteiger partial charge in [0, 0.05) is 6.20 Å². The summed E-state index contributed by atoms with van der Waals surface area (Å²) in [6.07, 6.45) is 6.00. The van der Waals surface area contributed by atoms with Crippen molar-refractivity contribution >= 4 is 16.0 Å². The molecule has 98 valence electrons. The van der Waals surface area contributed by atoms with Crippen molar-refractivity contribution in [2.45, 2.75) is 4.90 Å². The molecule has 1 aromatic rings. The first kappa shape index (κ1) is 14.6. The molecule has 0 unspecified atom stereocenters. The third-order valence-electron chi connectivity index (χ3n) is 2.07. The number of carboxylic acid groups (broad SMARTS) is 1. The van der Waals surface area contributed by atoms with Gasteiger partial charge in [0.2, 0.25) is 10.0 Å². The maximum absolute atomic E-state index is 12.1. The Kier molecular flexibility index (Phi) is 4.59. The molecule has 0 spiro atoms. The summed E-state index contributed by atoms with van der Waals surface area (Å²) < 4.78 is 24.8. The van der Waals surface area contributed by atoms with Gasteiger partial charge in [0.15, 0.2) is 0 Å². The topological polar surface area (TPSA) is 111 Å². The van der Waals surface area contributed by atoms with Crippen molar-refractivity contribution in [3.63, 3.8) is 0 Å². The molecule has 0 aliphatic rings. The fourth-order valence-electron chi connectivity index (χ4n) is 1.23. The van der Waals surface area contributed by atoms with E-state index >= 15 is 0 Å². The van der Waals surface area contributed by atoms with E-state index in [4.69, 9.17) is 16.8 Å². The highest BCUT2D eigenvalue weighted by molar-refractivity contribution is 7.89. The zero-order valence-electron chi connectivity index (χ0n) is 9.65. The molecule has 0 amide bonds. The molecule has 0 fully saturated rings. The van der Waals surface area contributed by atoms with E-state index in [9.17, 15) is 13.2 Å². The van der Waals surface area contributed by atoms with Gasteiger partial charge in [-0.25, -0.2) is 13.4 Å². The molecule has 0 aliphatic carbocycles. The molecule has 1 N–H and O–H groups in total. The molecule has 0 atom stereocenters. The maximum Gasteiger partial charge on any atom is 0.318 e. The highest BCUT2D eigenvalue weighted by Gasteiger charge is 2.26. The number of rotatable bonds is 5. The molecule has 8 heteroatoms. The van der Waals surface area contributed by atoms with Crippen LogP contribution >= 0.6 is 0 Å². The first-order valence-electron chi connectivity index (χ1n) is 4.93. The number of terminal acetylenes is 1. The van der Waals surface area contributed by atoms with Gasteiger partial charge in [-0.15, -0.1) is 6.42 Å². The number of nitriles is 1. The Hall–Kier alpha value is -2.42. The van der Waals surface area contributed by atoms with Crippen molar-refractivity contribution in [1.29, 1.82) is 5.26 Å². The molecule has 1 aromatic heterocycles.